The van der Waals surface area contributed by atoms with E-state index in [1.807, 2.05) is 0 Å². The lowest BCUT2D eigenvalue weighted by Crippen LogP contribution is -2.20. The molecule has 7 heteroatoms. The van der Waals surface area contributed by atoms with E-state index in [9.17, 15) is 14.0 Å². The van der Waals surface area contributed by atoms with Gasteiger partial charge in [0.05, 0.1) is 10.8 Å². The zero-order chi connectivity index (χ0) is 19.7. The van der Waals surface area contributed by atoms with E-state index < -0.39 is 11.7 Å². The molecule has 0 radical (unpaired) electrons. The van der Waals surface area contributed by atoms with E-state index in [1.165, 1.54) is 30.3 Å². The molecule has 140 valence electrons. The van der Waals surface area contributed by atoms with Crippen molar-refractivity contribution in [3.63, 3.8) is 0 Å². The summed E-state index contributed by atoms with van der Waals surface area (Å²) in [5, 5.41) is 3.69. The molecule has 0 aliphatic rings. The van der Waals surface area contributed by atoms with Crippen LogP contribution in [-0.2, 0) is 4.79 Å². The summed E-state index contributed by atoms with van der Waals surface area (Å²) >= 11 is 5.80. The molecule has 4 rings (SSSR count). The van der Waals surface area contributed by atoms with Crippen LogP contribution in [0.15, 0.2) is 69.9 Å². The maximum Gasteiger partial charge on any atom is 0.262 e. The summed E-state index contributed by atoms with van der Waals surface area (Å²) < 4.78 is 24.9. The van der Waals surface area contributed by atoms with Crippen molar-refractivity contribution in [1.29, 1.82) is 0 Å². The lowest BCUT2D eigenvalue weighted by molar-refractivity contribution is -0.118. The molecule has 0 saturated carbocycles. The minimum Gasteiger partial charge on any atom is -0.484 e. The van der Waals surface area contributed by atoms with E-state index in [1.54, 1.807) is 30.3 Å². The predicted molar refractivity (Wildman–Crippen MR) is 106 cm³/mol. The molecule has 0 saturated heterocycles. The fourth-order valence-electron chi connectivity index (χ4n) is 2.80. The Morgan fingerprint density at radius 3 is 2.64 bits per heavy atom. The number of hydrogen-bond acceptors (Lipinski definition) is 4. The van der Waals surface area contributed by atoms with Crippen molar-refractivity contribution in [2.75, 3.05) is 11.9 Å². The summed E-state index contributed by atoms with van der Waals surface area (Å²) in [6, 6.07) is 15.4. The quantitative estimate of drug-likeness (QED) is 0.504. The van der Waals surface area contributed by atoms with Crippen LogP contribution >= 0.6 is 11.6 Å². The summed E-state index contributed by atoms with van der Waals surface area (Å²) in [7, 11) is 0. The van der Waals surface area contributed by atoms with Crippen LogP contribution in [0.5, 0.6) is 5.75 Å². The van der Waals surface area contributed by atoms with Gasteiger partial charge in [0.2, 0.25) is 5.43 Å². The van der Waals surface area contributed by atoms with Crippen molar-refractivity contribution in [2.24, 2.45) is 0 Å². The van der Waals surface area contributed by atoms with Crippen molar-refractivity contribution in [1.82, 2.24) is 0 Å². The van der Waals surface area contributed by atoms with Gasteiger partial charge in [0.1, 0.15) is 11.3 Å². The molecule has 28 heavy (non-hydrogen) atoms. The molecule has 4 aromatic rings. The van der Waals surface area contributed by atoms with Gasteiger partial charge in [-0.05, 0) is 48.5 Å². The molecule has 5 nitrogen and oxygen atoms in total. The molecule has 0 fully saturated rings. The minimum absolute atomic E-state index is 0.116. The van der Waals surface area contributed by atoms with E-state index in [2.05, 4.69) is 5.32 Å². The maximum atomic E-state index is 14.0. The average molecular weight is 398 g/mol. The Balaban J connectivity index is 1.56. The molecule has 0 unspecified atom stereocenters. The number of para-hydroxylation sites is 1. The zero-order valence-electron chi connectivity index (χ0n) is 14.4. The SMILES string of the molecule is O=C(COc1ccc(Cl)cc1)Nc1ccc2c(=O)c3cccc(F)c3oc2c1. The molecular formula is C21H13ClFNO4. The summed E-state index contributed by atoms with van der Waals surface area (Å²) in [6.07, 6.45) is 0. The molecule has 0 aliphatic heterocycles. The Morgan fingerprint density at radius 1 is 1.07 bits per heavy atom. The van der Waals surface area contributed by atoms with Gasteiger partial charge >= 0.3 is 0 Å². The third-order valence-corrected chi connectivity index (χ3v) is 4.37. The maximum absolute atomic E-state index is 14.0. The Kier molecular flexibility index (Phi) is 4.71. The number of carbonyl (C=O) groups excluding carboxylic acids is 1. The molecule has 0 bridgehead atoms. The Morgan fingerprint density at radius 2 is 1.86 bits per heavy atom. The summed E-state index contributed by atoms with van der Waals surface area (Å²) in [5.41, 5.74) is 0.129. The van der Waals surface area contributed by atoms with Gasteiger partial charge in [-0.2, -0.15) is 0 Å². The number of anilines is 1. The summed E-state index contributed by atoms with van der Waals surface area (Å²) in [5.74, 6) is -0.517. The number of hydrogen-bond donors (Lipinski definition) is 1. The molecule has 0 aliphatic carbocycles. The molecule has 1 amide bonds. The number of ether oxygens (including phenoxy) is 1. The summed E-state index contributed by atoms with van der Waals surface area (Å²) in [4.78, 5) is 24.6. The van der Waals surface area contributed by atoms with Gasteiger partial charge in [-0.3, -0.25) is 9.59 Å². The predicted octanol–water partition coefficient (Wildman–Crippen LogP) is 4.76. The number of fused-ring (bicyclic) bond motifs is 2. The van der Waals surface area contributed by atoms with Crippen LogP contribution in [0.3, 0.4) is 0 Å². The van der Waals surface area contributed by atoms with Crippen molar-refractivity contribution in [2.45, 2.75) is 0 Å². The lowest BCUT2D eigenvalue weighted by atomic mass is 10.1. The molecule has 0 atom stereocenters. The van der Waals surface area contributed by atoms with Crippen molar-refractivity contribution in [3.05, 3.63) is 81.7 Å². The average Bonchev–Trinajstić information content (AvgIpc) is 2.68. The number of halogens is 2. The first-order valence-electron chi connectivity index (χ1n) is 8.34. The number of nitrogens with one attached hydrogen (secondary N) is 1. The Bertz CT molecular complexity index is 1250. The van der Waals surface area contributed by atoms with Gasteiger partial charge in [0.15, 0.2) is 18.0 Å². The van der Waals surface area contributed by atoms with Gasteiger partial charge < -0.3 is 14.5 Å². The van der Waals surface area contributed by atoms with Crippen molar-refractivity contribution >= 4 is 45.1 Å². The number of benzene rings is 3. The highest BCUT2D eigenvalue weighted by molar-refractivity contribution is 6.30. The zero-order valence-corrected chi connectivity index (χ0v) is 15.1. The second kappa shape index (κ2) is 7.32. The second-order valence-electron chi connectivity index (χ2n) is 6.05. The minimum atomic E-state index is -0.623. The third kappa shape index (κ3) is 3.54. The first-order valence-corrected chi connectivity index (χ1v) is 8.72. The van der Waals surface area contributed by atoms with Gasteiger partial charge in [0.25, 0.3) is 5.91 Å². The second-order valence-corrected chi connectivity index (χ2v) is 6.49. The standard InChI is InChI=1S/C21H13ClFNO4/c22-12-4-7-14(8-5-12)27-11-19(25)24-13-6-9-15-18(10-13)28-21-16(20(15)26)2-1-3-17(21)23/h1-10H,11H2,(H,24,25). The van der Waals surface area contributed by atoms with E-state index in [0.29, 0.717) is 21.8 Å². The smallest absolute Gasteiger partial charge is 0.262 e. The third-order valence-electron chi connectivity index (χ3n) is 4.12. The van der Waals surface area contributed by atoms with Gasteiger partial charge in [-0.15, -0.1) is 0 Å². The highest BCUT2D eigenvalue weighted by Gasteiger charge is 2.12. The van der Waals surface area contributed by atoms with Crippen LogP contribution in [0.2, 0.25) is 5.02 Å². The highest BCUT2D eigenvalue weighted by Crippen LogP contribution is 2.23. The fraction of sp³-hybridized carbons (Fsp3) is 0.0476. The van der Waals surface area contributed by atoms with Crippen molar-refractivity contribution < 1.29 is 18.3 Å². The number of amides is 1. The van der Waals surface area contributed by atoms with Crippen LogP contribution in [-0.4, -0.2) is 12.5 Å². The Hall–Kier alpha value is -3.38. The van der Waals surface area contributed by atoms with Crippen molar-refractivity contribution in [3.8, 4) is 5.75 Å². The molecule has 3 aromatic carbocycles. The first kappa shape index (κ1) is 18.0. The molecule has 0 spiro atoms. The highest BCUT2D eigenvalue weighted by atomic mass is 35.5. The largest absolute Gasteiger partial charge is 0.484 e. The monoisotopic (exact) mass is 397 g/mol. The van der Waals surface area contributed by atoms with E-state index in [-0.39, 0.29) is 28.6 Å². The van der Waals surface area contributed by atoms with Crippen LogP contribution in [0.4, 0.5) is 10.1 Å². The van der Waals surface area contributed by atoms with Crippen LogP contribution in [0.1, 0.15) is 0 Å². The van der Waals surface area contributed by atoms with Crippen LogP contribution in [0.25, 0.3) is 21.9 Å². The van der Waals surface area contributed by atoms with E-state index in [4.69, 9.17) is 20.8 Å². The molecule has 1 heterocycles. The first-order chi connectivity index (χ1) is 13.5. The summed E-state index contributed by atoms with van der Waals surface area (Å²) in [6.45, 7) is -0.212. The van der Waals surface area contributed by atoms with Crippen LogP contribution in [0, 0.1) is 5.82 Å². The molecule has 1 N–H and O–H groups in total. The fourth-order valence-corrected chi connectivity index (χ4v) is 2.92. The van der Waals surface area contributed by atoms with Crippen LogP contribution < -0.4 is 15.5 Å². The topological polar surface area (TPSA) is 68.5 Å². The molecular weight excluding hydrogens is 385 g/mol. The lowest BCUT2D eigenvalue weighted by Gasteiger charge is -2.08. The Labute approximate surface area is 163 Å². The van der Waals surface area contributed by atoms with E-state index in [0.717, 1.165) is 0 Å². The van der Waals surface area contributed by atoms with Gasteiger partial charge in [-0.25, -0.2) is 4.39 Å². The van der Waals surface area contributed by atoms with Gasteiger partial charge in [0, 0.05) is 16.8 Å². The van der Waals surface area contributed by atoms with E-state index >= 15 is 0 Å². The van der Waals surface area contributed by atoms with Gasteiger partial charge in [-0.1, -0.05) is 17.7 Å². The normalized spacial score (nSPS) is 10.9. The molecule has 1 aromatic heterocycles. The number of carbonyl (C=O) groups is 1. The number of rotatable bonds is 4.